The smallest absolute Gasteiger partial charge is 0.216 e. The van der Waals surface area contributed by atoms with Crippen molar-refractivity contribution in [3.05, 3.63) is 24.0 Å². The normalized spacial score (nSPS) is 9.69. The van der Waals surface area contributed by atoms with Crippen LogP contribution >= 0.6 is 0 Å². The Bertz CT molecular complexity index is 369. The predicted molar refractivity (Wildman–Crippen MR) is 60.1 cm³/mol. The molecule has 0 spiro atoms. The summed E-state index contributed by atoms with van der Waals surface area (Å²) < 4.78 is 18.3. The molecule has 0 bridgehead atoms. The summed E-state index contributed by atoms with van der Waals surface area (Å²) in [4.78, 5) is 10.6. The van der Waals surface area contributed by atoms with Gasteiger partial charge in [-0.2, -0.15) is 0 Å². The number of halogens is 1. The Morgan fingerprint density at radius 2 is 2.19 bits per heavy atom. The van der Waals surface area contributed by atoms with E-state index in [2.05, 4.69) is 10.6 Å². The fourth-order valence-corrected chi connectivity index (χ4v) is 1.20. The van der Waals surface area contributed by atoms with E-state index in [9.17, 15) is 9.18 Å². The lowest BCUT2D eigenvalue weighted by Crippen LogP contribution is -2.26. The van der Waals surface area contributed by atoms with Gasteiger partial charge in [0.25, 0.3) is 0 Å². The van der Waals surface area contributed by atoms with Crippen molar-refractivity contribution in [2.45, 2.75) is 6.92 Å². The Hall–Kier alpha value is -1.78. The molecule has 0 unspecified atom stereocenters. The van der Waals surface area contributed by atoms with Gasteiger partial charge < -0.3 is 15.4 Å². The highest BCUT2D eigenvalue weighted by Crippen LogP contribution is 2.19. The van der Waals surface area contributed by atoms with Crippen molar-refractivity contribution in [3.8, 4) is 5.75 Å². The number of carbonyl (C=O) groups excluding carboxylic acids is 1. The van der Waals surface area contributed by atoms with E-state index >= 15 is 0 Å². The standard InChI is InChI=1S/C11H15FN2O2/c1-8(15)13-5-6-14-11-4-3-9(16-2)7-10(11)12/h3-4,7,14H,5-6H2,1-2H3,(H,13,15). The van der Waals surface area contributed by atoms with E-state index in [-0.39, 0.29) is 11.7 Å². The van der Waals surface area contributed by atoms with Crippen LogP contribution in [-0.4, -0.2) is 26.1 Å². The molecule has 0 saturated carbocycles. The molecule has 0 aliphatic heterocycles. The Labute approximate surface area is 93.8 Å². The van der Waals surface area contributed by atoms with E-state index in [1.807, 2.05) is 0 Å². The van der Waals surface area contributed by atoms with Gasteiger partial charge in [0.2, 0.25) is 5.91 Å². The van der Waals surface area contributed by atoms with E-state index in [4.69, 9.17) is 4.74 Å². The number of benzene rings is 1. The second-order valence-electron chi connectivity index (χ2n) is 3.26. The first-order valence-corrected chi connectivity index (χ1v) is 4.95. The number of amides is 1. The van der Waals surface area contributed by atoms with Gasteiger partial charge in [0.05, 0.1) is 12.8 Å². The number of anilines is 1. The number of hydrogen-bond acceptors (Lipinski definition) is 3. The Kier molecular flexibility index (Phi) is 4.57. The van der Waals surface area contributed by atoms with Crippen molar-refractivity contribution >= 4 is 11.6 Å². The molecule has 0 aliphatic carbocycles. The van der Waals surface area contributed by atoms with Gasteiger partial charge in [-0.05, 0) is 12.1 Å². The highest BCUT2D eigenvalue weighted by molar-refractivity contribution is 5.72. The van der Waals surface area contributed by atoms with Crippen LogP contribution in [0.1, 0.15) is 6.92 Å². The number of ether oxygens (including phenoxy) is 1. The lowest BCUT2D eigenvalue weighted by atomic mass is 10.3. The predicted octanol–water partition coefficient (Wildman–Crippen LogP) is 1.38. The fourth-order valence-electron chi connectivity index (χ4n) is 1.20. The van der Waals surface area contributed by atoms with E-state index in [1.54, 1.807) is 12.1 Å². The Balaban J connectivity index is 2.45. The van der Waals surface area contributed by atoms with Crippen LogP contribution < -0.4 is 15.4 Å². The molecule has 0 aromatic heterocycles. The molecule has 4 nitrogen and oxygen atoms in total. The maximum Gasteiger partial charge on any atom is 0.216 e. The van der Waals surface area contributed by atoms with Gasteiger partial charge in [-0.3, -0.25) is 4.79 Å². The van der Waals surface area contributed by atoms with Gasteiger partial charge in [-0.25, -0.2) is 4.39 Å². The highest BCUT2D eigenvalue weighted by atomic mass is 19.1. The third-order valence-electron chi connectivity index (χ3n) is 1.99. The van der Waals surface area contributed by atoms with Crippen LogP contribution in [0.25, 0.3) is 0 Å². The first-order valence-electron chi connectivity index (χ1n) is 4.95. The minimum absolute atomic E-state index is 0.1000. The maximum absolute atomic E-state index is 13.4. The van der Waals surface area contributed by atoms with Gasteiger partial charge in [0.1, 0.15) is 11.6 Å². The number of nitrogens with one attached hydrogen (secondary N) is 2. The molecule has 1 aromatic rings. The van der Waals surface area contributed by atoms with Crippen molar-refractivity contribution in [1.82, 2.24) is 5.32 Å². The molecule has 0 atom stereocenters. The summed E-state index contributed by atoms with van der Waals surface area (Å²) in [6.07, 6.45) is 0. The number of methoxy groups -OCH3 is 1. The molecule has 0 heterocycles. The largest absolute Gasteiger partial charge is 0.497 e. The van der Waals surface area contributed by atoms with E-state index < -0.39 is 0 Å². The van der Waals surface area contributed by atoms with Crippen LogP contribution in [0.2, 0.25) is 0 Å². The topological polar surface area (TPSA) is 50.4 Å². The summed E-state index contributed by atoms with van der Waals surface area (Å²) in [6, 6.07) is 4.58. The third kappa shape index (κ3) is 3.76. The quantitative estimate of drug-likeness (QED) is 0.746. The van der Waals surface area contributed by atoms with Gasteiger partial charge in [0, 0.05) is 26.1 Å². The van der Waals surface area contributed by atoms with Gasteiger partial charge in [-0.1, -0.05) is 0 Å². The zero-order valence-corrected chi connectivity index (χ0v) is 9.34. The number of hydrogen-bond donors (Lipinski definition) is 2. The van der Waals surface area contributed by atoms with Gasteiger partial charge in [0.15, 0.2) is 0 Å². The Morgan fingerprint density at radius 1 is 1.44 bits per heavy atom. The van der Waals surface area contributed by atoms with Crippen molar-refractivity contribution < 1.29 is 13.9 Å². The molecule has 0 radical (unpaired) electrons. The zero-order valence-electron chi connectivity index (χ0n) is 9.34. The molecule has 16 heavy (non-hydrogen) atoms. The molecular formula is C11H15FN2O2. The van der Waals surface area contributed by atoms with E-state index in [0.29, 0.717) is 24.5 Å². The van der Waals surface area contributed by atoms with Crippen molar-refractivity contribution in [1.29, 1.82) is 0 Å². The second kappa shape index (κ2) is 5.95. The van der Waals surface area contributed by atoms with Crippen LogP contribution in [0.3, 0.4) is 0 Å². The molecule has 1 aromatic carbocycles. The molecule has 88 valence electrons. The first kappa shape index (κ1) is 12.3. The second-order valence-corrected chi connectivity index (χ2v) is 3.26. The third-order valence-corrected chi connectivity index (χ3v) is 1.99. The molecule has 5 heteroatoms. The Morgan fingerprint density at radius 3 is 2.75 bits per heavy atom. The summed E-state index contributed by atoms with van der Waals surface area (Å²) in [5, 5.41) is 5.48. The van der Waals surface area contributed by atoms with E-state index in [0.717, 1.165) is 0 Å². The van der Waals surface area contributed by atoms with Gasteiger partial charge >= 0.3 is 0 Å². The van der Waals surface area contributed by atoms with Crippen molar-refractivity contribution in [2.75, 3.05) is 25.5 Å². The summed E-state index contributed by atoms with van der Waals surface area (Å²) in [6.45, 7) is 2.37. The van der Waals surface area contributed by atoms with Crippen LogP contribution in [0, 0.1) is 5.82 Å². The zero-order chi connectivity index (χ0) is 12.0. The van der Waals surface area contributed by atoms with Crippen LogP contribution in [0.4, 0.5) is 10.1 Å². The average Bonchev–Trinajstić information content (AvgIpc) is 2.25. The molecule has 2 N–H and O–H groups in total. The molecular weight excluding hydrogens is 211 g/mol. The maximum atomic E-state index is 13.4. The van der Waals surface area contributed by atoms with Crippen molar-refractivity contribution in [2.24, 2.45) is 0 Å². The van der Waals surface area contributed by atoms with Gasteiger partial charge in [-0.15, -0.1) is 0 Å². The minimum atomic E-state index is -0.373. The number of carbonyl (C=O) groups is 1. The van der Waals surface area contributed by atoms with Crippen LogP contribution in [0.5, 0.6) is 5.75 Å². The molecule has 0 fully saturated rings. The monoisotopic (exact) mass is 226 g/mol. The number of rotatable bonds is 5. The fraction of sp³-hybridized carbons (Fsp3) is 0.364. The molecule has 0 aliphatic rings. The summed E-state index contributed by atoms with van der Waals surface area (Å²) >= 11 is 0. The minimum Gasteiger partial charge on any atom is -0.497 e. The lowest BCUT2D eigenvalue weighted by Gasteiger charge is -2.08. The summed E-state index contributed by atoms with van der Waals surface area (Å²) in [5.41, 5.74) is 0.395. The molecule has 1 amide bonds. The molecule has 1 rings (SSSR count). The van der Waals surface area contributed by atoms with E-state index in [1.165, 1.54) is 20.1 Å². The van der Waals surface area contributed by atoms with Crippen LogP contribution in [0.15, 0.2) is 18.2 Å². The molecule has 0 saturated heterocycles. The van der Waals surface area contributed by atoms with Crippen LogP contribution in [-0.2, 0) is 4.79 Å². The average molecular weight is 226 g/mol. The lowest BCUT2D eigenvalue weighted by molar-refractivity contribution is -0.118. The first-order chi connectivity index (χ1) is 7.63. The summed E-state index contributed by atoms with van der Waals surface area (Å²) in [7, 11) is 1.48. The SMILES string of the molecule is COc1ccc(NCCNC(C)=O)c(F)c1. The summed E-state index contributed by atoms with van der Waals surface area (Å²) in [5.74, 6) is 0.00379. The highest BCUT2D eigenvalue weighted by Gasteiger charge is 2.02. The van der Waals surface area contributed by atoms with Crippen molar-refractivity contribution in [3.63, 3.8) is 0 Å².